The molecule has 0 radical (unpaired) electrons. The minimum Gasteiger partial charge on any atom is -0.445 e. The Morgan fingerprint density at radius 3 is 0.808 bits per heavy atom. The molecule has 0 aliphatic rings. The van der Waals surface area contributed by atoms with Crippen LogP contribution in [0.2, 0.25) is 0 Å². The Bertz CT molecular complexity index is 1920. The lowest BCUT2D eigenvalue weighted by Gasteiger charge is -2.22. The van der Waals surface area contributed by atoms with Crippen LogP contribution in [0.4, 0.5) is 14.4 Å². The maximum Gasteiger partial charge on any atom is 0.408 e. The van der Waals surface area contributed by atoms with Gasteiger partial charge >= 0.3 is 18.3 Å². The van der Waals surface area contributed by atoms with Crippen LogP contribution in [0.3, 0.4) is 0 Å². The van der Waals surface area contributed by atoms with Crippen molar-refractivity contribution in [1.82, 2.24) is 31.9 Å². The second-order valence-electron chi connectivity index (χ2n) is 20.3. The lowest BCUT2D eigenvalue weighted by molar-refractivity contribution is -0.126. The van der Waals surface area contributed by atoms with E-state index in [9.17, 15) is 43.2 Å². The van der Waals surface area contributed by atoms with Crippen LogP contribution < -0.4 is 31.9 Å². The number of aldehydes is 3. The molecular weight excluding hydrogens is 997 g/mol. The summed E-state index contributed by atoms with van der Waals surface area (Å²) in [6, 6.07) is 24.2. The Kier molecular flexibility index (Phi) is 37.1. The number of carbonyl (C=O) groups excluding carboxylic acids is 9. The third-order valence-electron chi connectivity index (χ3n) is 11.7. The molecule has 0 aliphatic heterocycles. The number of carbonyl (C=O) groups is 9. The molecule has 6 N–H and O–H groups in total. The van der Waals surface area contributed by atoms with Gasteiger partial charge in [0.05, 0.1) is 18.1 Å². The standard InChI is InChI=1S/3C20H30N2O4/c3*1-4-5-11-17(13-23)21-19(24)18(12-15(2)3)22-20(25)26-14-16-9-7-6-8-10-16/h3*6-10,13,15,17-18H,4-5,11-12,14H2,1-3H3,(H,21,24)(H,22,25)/t3*17-,18-/m000/s1. The Balaban J connectivity index is 0.000000585. The highest BCUT2D eigenvalue weighted by Crippen LogP contribution is 2.12. The van der Waals surface area contributed by atoms with E-state index >= 15 is 0 Å². The van der Waals surface area contributed by atoms with Crippen molar-refractivity contribution in [3.63, 3.8) is 0 Å². The molecule has 0 aromatic heterocycles. The van der Waals surface area contributed by atoms with Gasteiger partial charge in [-0.2, -0.15) is 0 Å². The Labute approximate surface area is 463 Å². The van der Waals surface area contributed by atoms with Gasteiger partial charge in [-0.15, -0.1) is 0 Å². The first-order chi connectivity index (χ1) is 37.4. The average Bonchev–Trinajstić information content (AvgIpc) is 3.42. The molecule has 0 saturated heterocycles. The smallest absolute Gasteiger partial charge is 0.408 e. The van der Waals surface area contributed by atoms with Crippen LogP contribution in [-0.4, -0.2) is 91.1 Å². The zero-order valence-electron chi connectivity index (χ0n) is 47.6. The van der Waals surface area contributed by atoms with Gasteiger partial charge in [0.25, 0.3) is 0 Å². The van der Waals surface area contributed by atoms with Crippen LogP contribution in [0.25, 0.3) is 0 Å². The largest absolute Gasteiger partial charge is 0.445 e. The molecule has 3 aromatic rings. The molecule has 3 rings (SSSR count). The third kappa shape index (κ3) is 33.1. The van der Waals surface area contributed by atoms with Crippen molar-refractivity contribution < 1.29 is 57.4 Å². The van der Waals surface area contributed by atoms with Crippen molar-refractivity contribution >= 4 is 54.9 Å². The van der Waals surface area contributed by atoms with Gasteiger partial charge in [-0.05, 0) is 73.0 Å². The first-order valence-corrected chi connectivity index (χ1v) is 27.6. The molecule has 78 heavy (non-hydrogen) atoms. The van der Waals surface area contributed by atoms with Gasteiger partial charge in [-0.3, -0.25) is 14.4 Å². The monoisotopic (exact) mass is 1090 g/mol. The Morgan fingerprint density at radius 2 is 0.615 bits per heavy atom. The summed E-state index contributed by atoms with van der Waals surface area (Å²) in [4.78, 5) is 107. The van der Waals surface area contributed by atoms with Gasteiger partial charge < -0.3 is 60.5 Å². The van der Waals surface area contributed by atoms with Crippen LogP contribution in [0.1, 0.15) is 156 Å². The highest BCUT2D eigenvalue weighted by molar-refractivity contribution is 5.89. The van der Waals surface area contributed by atoms with E-state index in [1.807, 2.05) is 153 Å². The zero-order chi connectivity index (χ0) is 58.1. The van der Waals surface area contributed by atoms with E-state index < -0.39 is 54.5 Å². The molecular formula is C60H90N6O12. The van der Waals surface area contributed by atoms with E-state index in [4.69, 9.17) is 14.2 Å². The molecule has 18 heteroatoms. The van der Waals surface area contributed by atoms with Crippen LogP contribution in [0.5, 0.6) is 0 Å². The lowest BCUT2D eigenvalue weighted by Crippen LogP contribution is -2.50. The molecule has 3 aromatic carbocycles. The molecule has 0 saturated carbocycles. The van der Waals surface area contributed by atoms with E-state index in [2.05, 4.69) is 31.9 Å². The minimum atomic E-state index is -0.734. The SMILES string of the molecule is CCCC[C@@H](C=O)NC(=O)[C@H](CC(C)C)NC(=O)OCc1ccccc1.CCCC[C@@H](C=O)NC(=O)[C@H](CC(C)C)NC(=O)OCc1ccccc1.CCCC[C@@H](C=O)NC(=O)[C@H](CC(C)C)NC(=O)OCc1ccccc1. The number of hydrogen-bond acceptors (Lipinski definition) is 12. The maximum atomic E-state index is 12.5. The van der Waals surface area contributed by atoms with Gasteiger partial charge in [0, 0.05) is 0 Å². The Morgan fingerprint density at radius 1 is 0.385 bits per heavy atom. The third-order valence-corrected chi connectivity index (χ3v) is 11.7. The number of ether oxygens (including phenoxy) is 3. The first kappa shape index (κ1) is 68.9. The molecule has 6 atom stereocenters. The predicted molar refractivity (Wildman–Crippen MR) is 302 cm³/mol. The number of amides is 6. The fourth-order valence-corrected chi connectivity index (χ4v) is 7.47. The summed E-state index contributed by atoms with van der Waals surface area (Å²) in [7, 11) is 0. The van der Waals surface area contributed by atoms with Crippen molar-refractivity contribution in [1.29, 1.82) is 0 Å². The van der Waals surface area contributed by atoms with E-state index in [1.54, 1.807) is 0 Å². The van der Waals surface area contributed by atoms with Gasteiger partial charge in [0.2, 0.25) is 17.7 Å². The molecule has 0 unspecified atom stereocenters. The Hall–Kier alpha value is -7.11. The highest BCUT2D eigenvalue weighted by atomic mass is 16.6. The first-order valence-electron chi connectivity index (χ1n) is 27.6. The molecule has 6 amide bonds. The van der Waals surface area contributed by atoms with Crippen LogP contribution >= 0.6 is 0 Å². The normalized spacial score (nSPS) is 12.9. The molecule has 0 bridgehead atoms. The number of hydrogen-bond donors (Lipinski definition) is 6. The summed E-state index contributed by atoms with van der Waals surface area (Å²) < 4.78 is 15.6. The fraction of sp³-hybridized carbons (Fsp3) is 0.550. The van der Waals surface area contributed by atoms with E-state index in [0.717, 1.165) is 74.1 Å². The average molecular weight is 1090 g/mol. The van der Waals surface area contributed by atoms with Gasteiger partial charge in [0.15, 0.2) is 0 Å². The second kappa shape index (κ2) is 42.0. The van der Waals surface area contributed by atoms with Gasteiger partial charge in [0.1, 0.15) is 56.8 Å². The van der Waals surface area contributed by atoms with Crippen LogP contribution in [0, 0.1) is 17.8 Å². The quantitative estimate of drug-likeness (QED) is 0.0246. The van der Waals surface area contributed by atoms with Crippen molar-refractivity contribution in [2.24, 2.45) is 17.8 Å². The topological polar surface area (TPSA) is 253 Å². The van der Waals surface area contributed by atoms with Gasteiger partial charge in [-0.25, -0.2) is 14.4 Å². The van der Waals surface area contributed by atoms with Crippen molar-refractivity contribution in [2.45, 2.75) is 195 Å². The molecule has 0 fully saturated rings. The molecule has 432 valence electrons. The zero-order valence-corrected chi connectivity index (χ0v) is 47.6. The van der Waals surface area contributed by atoms with E-state index in [0.29, 0.717) is 38.5 Å². The number of alkyl carbamates (subject to hydrolysis) is 3. The summed E-state index contributed by atoms with van der Waals surface area (Å²) in [5, 5.41) is 16.0. The number of rotatable bonds is 33. The highest BCUT2D eigenvalue weighted by Gasteiger charge is 2.27. The molecule has 0 spiro atoms. The lowest BCUT2D eigenvalue weighted by atomic mass is 10.0. The maximum absolute atomic E-state index is 12.5. The molecule has 18 nitrogen and oxygen atoms in total. The summed E-state index contributed by atoms with van der Waals surface area (Å²) in [6.45, 7) is 18.3. The summed E-state index contributed by atoms with van der Waals surface area (Å²) >= 11 is 0. The van der Waals surface area contributed by atoms with E-state index in [-0.39, 0.29) is 55.3 Å². The van der Waals surface area contributed by atoms with Crippen LogP contribution in [0.15, 0.2) is 91.0 Å². The molecule has 0 aliphatic carbocycles. The van der Waals surface area contributed by atoms with Crippen molar-refractivity contribution in [2.75, 3.05) is 0 Å². The second-order valence-corrected chi connectivity index (χ2v) is 20.3. The predicted octanol–water partition coefficient (Wildman–Crippen LogP) is 9.60. The van der Waals surface area contributed by atoms with E-state index in [1.165, 1.54) is 0 Å². The van der Waals surface area contributed by atoms with Crippen molar-refractivity contribution in [3.05, 3.63) is 108 Å². The van der Waals surface area contributed by atoms with Crippen molar-refractivity contribution in [3.8, 4) is 0 Å². The minimum absolute atomic E-state index is 0.135. The fourth-order valence-electron chi connectivity index (χ4n) is 7.47. The summed E-state index contributed by atoms with van der Waals surface area (Å²) in [6.07, 6.45) is 8.86. The van der Waals surface area contributed by atoms with Gasteiger partial charge in [-0.1, -0.05) is 192 Å². The number of benzene rings is 3. The molecule has 0 heterocycles. The number of unbranched alkanes of at least 4 members (excludes halogenated alkanes) is 3. The summed E-state index contributed by atoms with van der Waals surface area (Å²) in [5.41, 5.74) is 2.61. The number of nitrogens with one attached hydrogen (secondary N) is 6. The summed E-state index contributed by atoms with van der Waals surface area (Å²) in [5.74, 6) is -0.475. The van der Waals surface area contributed by atoms with Crippen LogP contribution in [-0.2, 0) is 62.8 Å².